The second kappa shape index (κ2) is 5.58. The van der Waals surface area contributed by atoms with Crippen LogP contribution in [0.5, 0.6) is 0 Å². The Kier molecular flexibility index (Phi) is 3.42. The van der Waals surface area contributed by atoms with Crippen molar-refractivity contribution in [2.24, 2.45) is 0 Å². The van der Waals surface area contributed by atoms with E-state index < -0.39 is 0 Å². The van der Waals surface area contributed by atoms with Crippen molar-refractivity contribution in [2.45, 2.75) is 25.3 Å². The highest BCUT2D eigenvalue weighted by Gasteiger charge is 2.24. The van der Waals surface area contributed by atoms with E-state index >= 15 is 0 Å². The minimum absolute atomic E-state index is 0.0740. The Morgan fingerprint density at radius 2 is 2.17 bits per heavy atom. The number of aryl methyl sites for hydroxylation is 1. The lowest BCUT2D eigenvalue weighted by atomic mass is 9.97. The van der Waals surface area contributed by atoms with Gasteiger partial charge in [-0.05, 0) is 18.9 Å². The van der Waals surface area contributed by atoms with Gasteiger partial charge in [-0.3, -0.25) is 4.79 Å². The van der Waals surface area contributed by atoms with Gasteiger partial charge in [0.25, 0.3) is 5.91 Å². The minimum atomic E-state index is -0.235. The van der Waals surface area contributed by atoms with E-state index in [4.69, 9.17) is 5.73 Å². The number of nitrogen functional groups attached to an aromatic ring is 1. The van der Waals surface area contributed by atoms with Crippen molar-refractivity contribution >= 4 is 33.3 Å². The van der Waals surface area contributed by atoms with Gasteiger partial charge < -0.3 is 11.1 Å². The maximum Gasteiger partial charge on any atom is 0.289 e. The highest BCUT2D eigenvalue weighted by Crippen LogP contribution is 2.28. The van der Waals surface area contributed by atoms with Crippen LogP contribution in [0.3, 0.4) is 0 Å². The zero-order chi connectivity index (χ0) is 15.8. The molecule has 1 atom stereocenters. The van der Waals surface area contributed by atoms with Gasteiger partial charge in [-0.15, -0.1) is 11.3 Å². The number of carbonyl (C=O) groups excluding carboxylic acids is 1. The first kappa shape index (κ1) is 14.1. The monoisotopic (exact) mass is 325 g/mol. The third-order valence-corrected chi connectivity index (χ3v) is 4.93. The van der Waals surface area contributed by atoms with Crippen LogP contribution in [0.2, 0.25) is 0 Å². The summed E-state index contributed by atoms with van der Waals surface area (Å²) in [6.07, 6.45) is 4.14. The fourth-order valence-electron chi connectivity index (χ4n) is 2.85. The number of anilines is 1. The number of fused-ring (bicyclic) bond motifs is 2. The van der Waals surface area contributed by atoms with Crippen molar-refractivity contribution in [2.75, 3.05) is 5.73 Å². The molecule has 3 aromatic rings. The van der Waals surface area contributed by atoms with Crippen LogP contribution in [0.15, 0.2) is 30.5 Å². The van der Waals surface area contributed by atoms with Crippen molar-refractivity contribution in [3.05, 3.63) is 46.9 Å². The number of para-hydroxylation sites is 1. The summed E-state index contributed by atoms with van der Waals surface area (Å²) in [7, 11) is 0. The number of nitrogens with two attached hydrogens (primary N) is 1. The van der Waals surface area contributed by atoms with E-state index in [1.54, 1.807) is 6.20 Å². The minimum Gasteiger partial charge on any atom is -0.375 e. The van der Waals surface area contributed by atoms with Crippen LogP contribution in [0, 0.1) is 0 Å². The molecule has 7 heteroatoms. The summed E-state index contributed by atoms with van der Waals surface area (Å²) < 4.78 is 0. The summed E-state index contributed by atoms with van der Waals surface area (Å²) in [6, 6.07) is 7.69. The van der Waals surface area contributed by atoms with E-state index in [9.17, 15) is 4.79 Å². The summed E-state index contributed by atoms with van der Waals surface area (Å²) >= 11 is 1.50. The molecule has 1 aliphatic rings. The molecular weight excluding hydrogens is 310 g/mol. The largest absolute Gasteiger partial charge is 0.375 e. The van der Waals surface area contributed by atoms with Crippen LogP contribution >= 0.6 is 11.3 Å². The van der Waals surface area contributed by atoms with Crippen molar-refractivity contribution in [3.8, 4) is 0 Å². The zero-order valence-electron chi connectivity index (χ0n) is 12.3. The van der Waals surface area contributed by atoms with Crippen molar-refractivity contribution in [3.63, 3.8) is 0 Å². The van der Waals surface area contributed by atoms with Crippen LogP contribution in [-0.4, -0.2) is 26.9 Å². The Hall–Kier alpha value is -2.54. The van der Waals surface area contributed by atoms with Crippen LogP contribution in [0.25, 0.3) is 10.9 Å². The maximum absolute atomic E-state index is 12.4. The molecule has 23 heavy (non-hydrogen) atoms. The summed E-state index contributed by atoms with van der Waals surface area (Å²) in [5, 5.41) is 4.54. The molecule has 0 saturated carbocycles. The smallest absolute Gasteiger partial charge is 0.289 e. The van der Waals surface area contributed by atoms with Crippen molar-refractivity contribution in [1.82, 2.24) is 20.3 Å². The molecule has 0 aliphatic heterocycles. The molecule has 0 spiro atoms. The third-order valence-electron chi connectivity index (χ3n) is 3.98. The summed E-state index contributed by atoms with van der Waals surface area (Å²) in [4.78, 5) is 26.4. The van der Waals surface area contributed by atoms with Crippen molar-refractivity contribution < 1.29 is 4.79 Å². The highest BCUT2D eigenvalue weighted by molar-refractivity contribution is 7.15. The van der Waals surface area contributed by atoms with E-state index in [1.165, 1.54) is 16.2 Å². The molecule has 1 aliphatic carbocycles. The van der Waals surface area contributed by atoms with Gasteiger partial charge in [0.15, 0.2) is 5.13 Å². The SMILES string of the molecule is Nc1nc2c(s1)C[C@@H](NC(=O)c1ncc3ccccc3n1)CC2. The lowest BCUT2D eigenvalue weighted by Crippen LogP contribution is -2.39. The fourth-order valence-corrected chi connectivity index (χ4v) is 3.81. The molecule has 1 amide bonds. The first-order valence-corrected chi connectivity index (χ1v) is 8.27. The molecule has 0 bridgehead atoms. The molecule has 116 valence electrons. The van der Waals surface area contributed by atoms with Crippen LogP contribution in [-0.2, 0) is 12.8 Å². The molecule has 4 rings (SSSR count). The van der Waals surface area contributed by atoms with E-state index in [0.29, 0.717) is 5.13 Å². The molecule has 6 nitrogen and oxygen atoms in total. The van der Waals surface area contributed by atoms with Gasteiger partial charge in [0.05, 0.1) is 11.2 Å². The number of hydrogen-bond acceptors (Lipinski definition) is 6. The molecule has 3 N–H and O–H groups in total. The fraction of sp³-hybridized carbons (Fsp3) is 0.250. The van der Waals surface area contributed by atoms with Gasteiger partial charge in [0, 0.05) is 28.9 Å². The second-order valence-corrected chi connectivity index (χ2v) is 6.70. The molecule has 2 aromatic heterocycles. The topological polar surface area (TPSA) is 93.8 Å². The number of rotatable bonds is 2. The molecule has 0 fully saturated rings. The van der Waals surface area contributed by atoms with E-state index in [0.717, 1.165) is 35.9 Å². The van der Waals surface area contributed by atoms with E-state index in [1.807, 2.05) is 24.3 Å². The number of thiazole rings is 1. The quantitative estimate of drug-likeness (QED) is 0.751. The van der Waals surface area contributed by atoms with Gasteiger partial charge >= 0.3 is 0 Å². The second-order valence-electron chi connectivity index (χ2n) is 5.59. The summed E-state index contributed by atoms with van der Waals surface area (Å²) in [5.74, 6) is -0.0278. The predicted molar refractivity (Wildman–Crippen MR) is 89.3 cm³/mol. The highest BCUT2D eigenvalue weighted by atomic mass is 32.1. The normalized spacial score (nSPS) is 17.0. The molecular formula is C16H15N5OS. The lowest BCUT2D eigenvalue weighted by Gasteiger charge is -2.21. The van der Waals surface area contributed by atoms with E-state index in [-0.39, 0.29) is 17.8 Å². The number of carbonyl (C=O) groups is 1. The van der Waals surface area contributed by atoms with Gasteiger partial charge in [-0.25, -0.2) is 15.0 Å². The first-order chi connectivity index (χ1) is 11.2. The Morgan fingerprint density at radius 3 is 3.09 bits per heavy atom. The van der Waals surface area contributed by atoms with Gasteiger partial charge in [-0.1, -0.05) is 18.2 Å². The van der Waals surface area contributed by atoms with Gasteiger partial charge in [0.1, 0.15) is 0 Å². The number of benzene rings is 1. The van der Waals surface area contributed by atoms with Crippen LogP contribution in [0.4, 0.5) is 5.13 Å². The standard InChI is InChI=1S/C16H15N5OS/c17-16-21-12-6-5-10(7-13(12)23-16)19-15(22)14-18-8-9-3-1-2-4-11(9)20-14/h1-4,8,10H,5-7H2,(H2,17,21)(H,19,22)/t10-/m0/s1. The predicted octanol–water partition coefficient (Wildman–Crippen LogP) is 1.96. The average molecular weight is 325 g/mol. The molecule has 0 unspecified atom stereocenters. The zero-order valence-corrected chi connectivity index (χ0v) is 13.1. The number of nitrogens with one attached hydrogen (secondary N) is 1. The third kappa shape index (κ3) is 2.75. The Balaban J connectivity index is 1.51. The van der Waals surface area contributed by atoms with Gasteiger partial charge in [0.2, 0.25) is 5.82 Å². The molecule has 0 radical (unpaired) electrons. The average Bonchev–Trinajstić information content (AvgIpc) is 2.93. The van der Waals surface area contributed by atoms with Crippen molar-refractivity contribution in [1.29, 1.82) is 0 Å². The Morgan fingerprint density at radius 1 is 1.30 bits per heavy atom. The molecule has 0 saturated heterocycles. The molecule has 2 heterocycles. The van der Waals surface area contributed by atoms with Gasteiger partial charge in [-0.2, -0.15) is 0 Å². The van der Waals surface area contributed by atoms with Crippen LogP contribution < -0.4 is 11.1 Å². The number of amides is 1. The Bertz CT molecular complexity index is 891. The number of aromatic nitrogens is 3. The number of hydrogen-bond donors (Lipinski definition) is 2. The lowest BCUT2D eigenvalue weighted by molar-refractivity contribution is 0.0923. The van der Waals surface area contributed by atoms with Crippen LogP contribution in [0.1, 0.15) is 27.6 Å². The first-order valence-electron chi connectivity index (χ1n) is 7.46. The molecule has 1 aromatic carbocycles. The summed E-state index contributed by atoms with van der Waals surface area (Å²) in [6.45, 7) is 0. The van der Waals surface area contributed by atoms with E-state index in [2.05, 4.69) is 20.3 Å². The summed E-state index contributed by atoms with van der Waals surface area (Å²) in [5.41, 5.74) is 7.59. The number of nitrogens with zero attached hydrogens (tertiary/aromatic N) is 3. The Labute approximate surface area is 136 Å². The maximum atomic E-state index is 12.4.